The van der Waals surface area contributed by atoms with Crippen molar-refractivity contribution in [1.29, 1.82) is 0 Å². The molecule has 1 N–H and O–H groups in total. The second-order valence-electron chi connectivity index (χ2n) is 4.30. The van der Waals surface area contributed by atoms with E-state index in [1.54, 1.807) is 6.92 Å². The first kappa shape index (κ1) is 12.5. The highest BCUT2D eigenvalue weighted by atomic mass is 16.5. The largest absolute Gasteiger partial charge is 0.360 e. The summed E-state index contributed by atoms with van der Waals surface area (Å²) in [5, 5.41) is 6.61. The van der Waals surface area contributed by atoms with Crippen LogP contribution in [-0.4, -0.2) is 17.6 Å². The molecule has 88 valence electrons. The third-order valence-electron chi connectivity index (χ3n) is 2.19. The zero-order valence-electron chi connectivity index (χ0n) is 10.3. The van der Waals surface area contributed by atoms with Gasteiger partial charge in [0.1, 0.15) is 5.56 Å². The second-order valence-corrected chi connectivity index (χ2v) is 4.30. The van der Waals surface area contributed by atoms with E-state index in [0.29, 0.717) is 23.6 Å². The highest BCUT2D eigenvalue weighted by Gasteiger charge is 2.21. The van der Waals surface area contributed by atoms with Crippen molar-refractivity contribution in [3.63, 3.8) is 0 Å². The molecular formula is C12H18N2O2. The fourth-order valence-corrected chi connectivity index (χ4v) is 1.38. The van der Waals surface area contributed by atoms with Crippen LogP contribution in [0.15, 0.2) is 16.7 Å². The normalized spacial score (nSPS) is 10.6. The van der Waals surface area contributed by atoms with Gasteiger partial charge in [0.25, 0.3) is 5.91 Å². The standard InChI is InChI=1S/C12H18N2O2/c1-7(2)6-13-12(15)10-9(5)14-16-11(10)8(3)4/h8H,1,6H2,2-5H3,(H,13,15). The Bertz CT molecular complexity index is 405. The Morgan fingerprint density at radius 3 is 2.69 bits per heavy atom. The lowest BCUT2D eigenvalue weighted by Gasteiger charge is -2.06. The number of nitrogens with one attached hydrogen (secondary N) is 1. The Morgan fingerprint density at radius 1 is 1.56 bits per heavy atom. The van der Waals surface area contributed by atoms with Crippen molar-refractivity contribution >= 4 is 5.91 Å². The fourth-order valence-electron chi connectivity index (χ4n) is 1.38. The predicted octanol–water partition coefficient (Wildman–Crippen LogP) is 2.41. The van der Waals surface area contributed by atoms with Gasteiger partial charge in [-0.05, 0) is 13.8 Å². The van der Waals surface area contributed by atoms with Crippen molar-refractivity contribution in [2.75, 3.05) is 6.54 Å². The average molecular weight is 222 g/mol. The van der Waals surface area contributed by atoms with Crippen LogP contribution in [0.4, 0.5) is 0 Å². The molecule has 0 aliphatic heterocycles. The number of carbonyl (C=O) groups is 1. The van der Waals surface area contributed by atoms with Gasteiger partial charge >= 0.3 is 0 Å². The van der Waals surface area contributed by atoms with Crippen molar-refractivity contribution in [2.45, 2.75) is 33.6 Å². The molecule has 0 unspecified atom stereocenters. The third-order valence-corrected chi connectivity index (χ3v) is 2.19. The summed E-state index contributed by atoms with van der Waals surface area (Å²) in [6.45, 7) is 11.8. The van der Waals surface area contributed by atoms with Crippen LogP contribution in [0, 0.1) is 6.92 Å². The van der Waals surface area contributed by atoms with E-state index in [1.807, 2.05) is 20.8 Å². The van der Waals surface area contributed by atoms with Gasteiger partial charge in [-0.3, -0.25) is 4.79 Å². The highest BCUT2D eigenvalue weighted by Crippen LogP contribution is 2.21. The van der Waals surface area contributed by atoms with Crippen molar-refractivity contribution < 1.29 is 9.32 Å². The van der Waals surface area contributed by atoms with Crippen LogP contribution in [0.1, 0.15) is 48.5 Å². The summed E-state index contributed by atoms with van der Waals surface area (Å²) in [4.78, 5) is 11.9. The van der Waals surface area contributed by atoms with E-state index in [4.69, 9.17) is 4.52 Å². The van der Waals surface area contributed by atoms with Crippen LogP contribution in [0.25, 0.3) is 0 Å². The molecule has 1 aromatic heterocycles. The van der Waals surface area contributed by atoms with E-state index < -0.39 is 0 Å². The molecule has 1 amide bonds. The molecule has 1 aromatic rings. The van der Waals surface area contributed by atoms with Crippen LogP contribution in [0.3, 0.4) is 0 Å². The van der Waals surface area contributed by atoms with E-state index in [-0.39, 0.29) is 11.8 Å². The number of amides is 1. The van der Waals surface area contributed by atoms with Gasteiger partial charge in [0.2, 0.25) is 0 Å². The third kappa shape index (κ3) is 2.72. The monoisotopic (exact) mass is 222 g/mol. The lowest BCUT2D eigenvalue weighted by Crippen LogP contribution is -2.26. The molecule has 0 fully saturated rings. The van der Waals surface area contributed by atoms with Gasteiger partial charge in [-0.15, -0.1) is 0 Å². The lowest BCUT2D eigenvalue weighted by atomic mass is 10.0. The maximum Gasteiger partial charge on any atom is 0.257 e. The number of hydrogen-bond donors (Lipinski definition) is 1. The van der Waals surface area contributed by atoms with Crippen molar-refractivity contribution in [3.05, 3.63) is 29.2 Å². The van der Waals surface area contributed by atoms with Crippen LogP contribution in [-0.2, 0) is 0 Å². The smallest absolute Gasteiger partial charge is 0.257 e. The number of aromatic nitrogens is 1. The SMILES string of the molecule is C=C(C)CNC(=O)c1c(C)noc1C(C)C. The molecule has 0 radical (unpaired) electrons. The first-order chi connectivity index (χ1) is 7.43. The molecule has 0 bridgehead atoms. The minimum atomic E-state index is -0.148. The molecule has 4 heteroatoms. The number of aryl methyl sites for hydroxylation is 1. The van der Waals surface area contributed by atoms with Crippen LogP contribution < -0.4 is 5.32 Å². The van der Waals surface area contributed by atoms with Gasteiger partial charge in [-0.1, -0.05) is 31.2 Å². The molecule has 16 heavy (non-hydrogen) atoms. The first-order valence-corrected chi connectivity index (χ1v) is 5.32. The fraction of sp³-hybridized carbons (Fsp3) is 0.500. The Kier molecular flexibility index (Phi) is 3.88. The van der Waals surface area contributed by atoms with Crippen LogP contribution >= 0.6 is 0 Å². The molecule has 0 aliphatic rings. The number of rotatable bonds is 4. The van der Waals surface area contributed by atoms with E-state index in [9.17, 15) is 4.79 Å². The summed E-state index contributed by atoms with van der Waals surface area (Å²) in [7, 11) is 0. The van der Waals surface area contributed by atoms with Gasteiger partial charge < -0.3 is 9.84 Å². The Balaban J connectivity index is 2.89. The predicted molar refractivity (Wildman–Crippen MR) is 62.5 cm³/mol. The van der Waals surface area contributed by atoms with Gasteiger partial charge in [0, 0.05) is 12.5 Å². The Hall–Kier alpha value is -1.58. The van der Waals surface area contributed by atoms with Gasteiger partial charge in [-0.25, -0.2) is 0 Å². The molecule has 1 rings (SSSR count). The van der Waals surface area contributed by atoms with Crippen molar-refractivity contribution in [2.24, 2.45) is 0 Å². The maximum atomic E-state index is 11.9. The Labute approximate surface area is 95.7 Å². The van der Waals surface area contributed by atoms with Crippen molar-refractivity contribution in [3.8, 4) is 0 Å². The maximum absolute atomic E-state index is 11.9. The molecular weight excluding hydrogens is 204 g/mol. The minimum absolute atomic E-state index is 0.145. The molecule has 1 heterocycles. The molecule has 0 aliphatic carbocycles. The van der Waals surface area contributed by atoms with Gasteiger partial charge in [-0.2, -0.15) is 0 Å². The van der Waals surface area contributed by atoms with Crippen LogP contribution in [0.2, 0.25) is 0 Å². The second kappa shape index (κ2) is 4.96. The first-order valence-electron chi connectivity index (χ1n) is 5.32. The summed E-state index contributed by atoms with van der Waals surface area (Å²) in [5.74, 6) is 0.633. The Morgan fingerprint density at radius 2 is 2.19 bits per heavy atom. The van der Waals surface area contributed by atoms with Gasteiger partial charge in [0.05, 0.1) is 5.69 Å². The lowest BCUT2D eigenvalue weighted by molar-refractivity contribution is 0.0954. The highest BCUT2D eigenvalue weighted by molar-refractivity contribution is 5.96. The number of nitrogens with zero attached hydrogens (tertiary/aromatic N) is 1. The van der Waals surface area contributed by atoms with E-state index in [1.165, 1.54) is 0 Å². The molecule has 0 atom stereocenters. The molecule has 0 saturated heterocycles. The van der Waals surface area contributed by atoms with E-state index >= 15 is 0 Å². The summed E-state index contributed by atoms with van der Waals surface area (Å²) in [6.07, 6.45) is 0. The summed E-state index contributed by atoms with van der Waals surface area (Å²) >= 11 is 0. The molecule has 4 nitrogen and oxygen atoms in total. The van der Waals surface area contributed by atoms with E-state index in [2.05, 4.69) is 17.1 Å². The van der Waals surface area contributed by atoms with Crippen LogP contribution in [0.5, 0.6) is 0 Å². The average Bonchev–Trinajstić information content (AvgIpc) is 2.56. The van der Waals surface area contributed by atoms with E-state index in [0.717, 1.165) is 5.57 Å². The number of hydrogen-bond acceptors (Lipinski definition) is 3. The summed E-state index contributed by atoms with van der Waals surface area (Å²) in [6, 6.07) is 0. The summed E-state index contributed by atoms with van der Waals surface area (Å²) < 4.78 is 5.15. The zero-order valence-corrected chi connectivity index (χ0v) is 10.3. The minimum Gasteiger partial charge on any atom is -0.360 e. The number of carbonyl (C=O) groups excluding carboxylic acids is 1. The zero-order chi connectivity index (χ0) is 12.3. The van der Waals surface area contributed by atoms with Crippen molar-refractivity contribution in [1.82, 2.24) is 10.5 Å². The summed E-state index contributed by atoms with van der Waals surface area (Å²) in [5.41, 5.74) is 2.09. The molecule has 0 aromatic carbocycles. The topological polar surface area (TPSA) is 55.1 Å². The quantitative estimate of drug-likeness (QED) is 0.796. The molecule has 0 saturated carbocycles. The van der Waals surface area contributed by atoms with Gasteiger partial charge in [0.15, 0.2) is 5.76 Å². The molecule has 0 spiro atoms.